The van der Waals surface area contributed by atoms with Crippen LogP contribution in [0.2, 0.25) is 0 Å². The number of imide groups is 1. The van der Waals surface area contributed by atoms with Gasteiger partial charge in [-0.25, -0.2) is 14.5 Å². The van der Waals surface area contributed by atoms with E-state index >= 15 is 0 Å². The highest BCUT2D eigenvalue weighted by atomic mass is 16.2. The van der Waals surface area contributed by atoms with Crippen LogP contribution in [0, 0.1) is 5.92 Å². The van der Waals surface area contributed by atoms with E-state index in [1.807, 2.05) is 13.8 Å². The number of primary amides is 1. The molecule has 74 valence electrons. The van der Waals surface area contributed by atoms with Crippen LogP contribution in [-0.2, 0) is 0 Å². The lowest BCUT2D eigenvalue weighted by molar-refractivity contribution is 0.186. The van der Waals surface area contributed by atoms with Crippen molar-refractivity contribution >= 4 is 12.1 Å². The second-order valence-electron chi connectivity index (χ2n) is 3.61. The van der Waals surface area contributed by atoms with Crippen molar-refractivity contribution in [1.82, 2.24) is 9.80 Å². The van der Waals surface area contributed by atoms with Gasteiger partial charge in [-0.15, -0.1) is 0 Å². The van der Waals surface area contributed by atoms with Crippen molar-refractivity contribution in [3.8, 4) is 0 Å². The summed E-state index contributed by atoms with van der Waals surface area (Å²) in [7, 11) is 0. The molecular weight excluding hydrogens is 170 g/mol. The summed E-state index contributed by atoms with van der Waals surface area (Å²) in [5, 5.41) is 0. The standard InChI is InChI=1S/C8H15N3O2/c1-6(2)5-10-3-4-11(7(9)12)8(10)13/h6H,3-5H2,1-2H3,(H2,9,12). The van der Waals surface area contributed by atoms with E-state index < -0.39 is 6.03 Å². The molecule has 0 aromatic rings. The monoisotopic (exact) mass is 185 g/mol. The first-order valence-corrected chi connectivity index (χ1v) is 4.38. The Morgan fingerprint density at radius 3 is 2.54 bits per heavy atom. The molecule has 0 radical (unpaired) electrons. The molecule has 1 aliphatic rings. The molecule has 5 heteroatoms. The van der Waals surface area contributed by atoms with E-state index in [1.54, 1.807) is 4.90 Å². The number of carbonyl (C=O) groups is 2. The zero-order valence-electron chi connectivity index (χ0n) is 7.99. The van der Waals surface area contributed by atoms with Crippen LogP contribution < -0.4 is 5.73 Å². The Balaban J connectivity index is 2.55. The molecule has 0 bridgehead atoms. The number of urea groups is 2. The molecule has 1 heterocycles. The summed E-state index contributed by atoms with van der Waals surface area (Å²) in [6.45, 7) is 5.75. The lowest BCUT2D eigenvalue weighted by atomic mass is 10.2. The highest BCUT2D eigenvalue weighted by Crippen LogP contribution is 2.10. The van der Waals surface area contributed by atoms with Crippen LogP contribution in [0.3, 0.4) is 0 Å². The third-order valence-electron chi connectivity index (χ3n) is 1.95. The lowest BCUT2D eigenvalue weighted by Gasteiger charge is -2.17. The van der Waals surface area contributed by atoms with Crippen molar-refractivity contribution in [2.75, 3.05) is 19.6 Å². The minimum Gasteiger partial charge on any atom is -0.351 e. The molecule has 5 nitrogen and oxygen atoms in total. The molecule has 0 unspecified atom stereocenters. The summed E-state index contributed by atoms with van der Waals surface area (Å²) in [5.74, 6) is 0.414. The SMILES string of the molecule is CC(C)CN1CCN(C(N)=O)C1=O. The summed E-state index contributed by atoms with van der Waals surface area (Å²) in [6, 6.07) is -0.919. The molecule has 0 aliphatic carbocycles. The third kappa shape index (κ3) is 2.11. The maximum atomic E-state index is 11.4. The largest absolute Gasteiger partial charge is 0.351 e. The van der Waals surface area contributed by atoms with Gasteiger partial charge in [-0.1, -0.05) is 13.8 Å². The highest BCUT2D eigenvalue weighted by Gasteiger charge is 2.31. The molecule has 1 fully saturated rings. The van der Waals surface area contributed by atoms with Crippen LogP contribution in [0.25, 0.3) is 0 Å². The predicted molar refractivity (Wildman–Crippen MR) is 48.1 cm³/mol. The molecular formula is C8H15N3O2. The van der Waals surface area contributed by atoms with E-state index in [0.29, 0.717) is 25.6 Å². The van der Waals surface area contributed by atoms with Gasteiger partial charge in [0.15, 0.2) is 0 Å². The third-order valence-corrected chi connectivity index (χ3v) is 1.95. The predicted octanol–water partition coefficient (Wildman–Crippen LogP) is 0.459. The number of hydrogen-bond donors (Lipinski definition) is 1. The number of nitrogens with two attached hydrogens (primary N) is 1. The number of rotatable bonds is 2. The zero-order chi connectivity index (χ0) is 10.0. The Morgan fingerprint density at radius 1 is 1.54 bits per heavy atom. The van der Waals surface area contributed by atoms with Gasteiger partial charge in [0, 0.05) is 19.6 Å². The van der Waals surface area contributed by atoms with E-state index in [2.05, 4.69) is 0 Å². The second kappa shape index (κ2) is 3.64. The quantitative estimate of drug-likeness (QED) is 0.679. The number of amides is 4. The van der Waals surface area contributed by atoms with Crippen molar-refractivity contribution in [3.63, 3.8) is 0 Å². The van der Waals surface area contributed by atoms with Crippen LogP contribution in [0.1, 0.15) is 13.8 Å². The molecule has 0 atom stereocenters. The van der Waals surface area contributed by atoms with Crippen molar-refractivity contribution in [2.24, 2.45) is 11.7 Å². The normalized spacial score (nSPS) is 17.3. The molecule has 0 aromatic carbocycles. The van der Waals surface area contributed by atoms with Gasteiger partial charge in [-0.2, -0.15) is 0 Å². The zero-order valence-corrected chi connectivity index (χ0v) is 7.99. The lowest BCUT2D eigenvalue weighted by Crippen LogP contribution is -2.40. The van der Waals surface area contributed by atoms with Gasteiger partial charge in [-0.05, 0) is 5.92 Å². The summed E-state index contributed by atoms with van der Waals surface area (Å²) < 4.78 is 0. The second-order valence-corrected chi connectivity index (χ2v) is 3.61. The maximum Gasteiger partial charge on any atom is 0.328 e. The molecule has 0 saturated carbocycles. The molecule has 0 spiro atoms. The fraction of sp³-hybridized carbons (Fsp3) is 0.750. The Hall–Kier alpha value is -1.26. The Kier molecular flexibility index (Phi) is 2.75. The molecule has 2 N–H and O–H groups in total. The van der Waals surface area contributed by atoms with Crippen LogP contribution >= 0.6 is 0 Å². The fourth-order valence-electron chi connectivity index (χ4n) is 1.40. The first-order valence-electron chi connectivity index (χ1n) is 4.38. The molecule has 13 heavy (non-hydrogen) atoms. The molecule has 4 amide bonds. The Morgan fingerprint density at radius 2 is 2.15 bits per heavy atom. The number of hydrogen-bond acceptors (Lipinski definition) is 2. The van der Waals surface area contributed by atoms with Gasteiger partial charge in [-0.3, -0.25) is 0 Å². The average Bonchev–Trinajstić information content (AvgIpc) is 2.32. The van der Waals surface area contributed by atoms with E-state index in [0.717, 1.165) is 4.90 Å². The van der Waals surface area contributed by atoms with Crippen molar-refractivity contribution < 1.29 is 9.59 Å². The van der Waals surface area contributed by atoms with Gasteiger partial charge in [0.2, 0.25) is 0 Å². The van der Waals surface area contributed by atoms with E-state index in [-0.39, 0.29) is 6.03 Å². The van der Waals surface area contributed by atoms with Gasteiger partial charge in [0.05, 0.1) is 0 Å². The summed E-state index contributed by atoms with van der Waals surface area (Å²) in [6.07, 6.45) is 0. The van der Waals surface area contributed by atoms with Crippen molar-refractivity contribution in [3.05, 3.63) is 0 Å². The smallest absolute Gasteiger partial charge is 0.328 e. The highest BCUT2D eigenvalue weighted by molar-refractivity contribution is 5.94. The maximum absolute atomic E-state index is 11.4. The molecule has 0 aromatic heterocycles. The molecule has 1 saturated heterocycles. The first kappa shape index (κ1) is 9.83. The van der Waals surface area contributed by atoms with E-state index in [1.165, 1.54) is 0 Å². The Bertz CT molecular complexity index is 227. The average molecular weight is 185 g/mol. The van der Waals surface area contributed by atoms with Gasteiger partial charge < -0.3 is 10.6 Å². The van der Waals surface area contributed by atoms with Gasteiger partial charge in [0.1, 0.15) is 0 Å². The molecule has 1 aliphatic heterocycles. The summed E-state index contributed by atoms with van der Waals surface area (Å²) in [4.78, 5) is 24.9. The number of carbonyl (C=O) groups excluding carboxylic acids is 2. The minimum absolute atomic E-state index is 0.263. The van der Waals surface area contributed by atoms with Gasteiger partial charge >= 0.3 is 12.1 Å². The topological polar surface area (TPSA) is 66.6 Å². The van der Waals surface area contributed by atoms with Crippen LogP contribution in [-0.4, -0.2) is 41.5 Å². The van der Waals surface area contributed by atoms with Crippen LogP contribution in [0.15, 0.2) is 0 Å². The summed E-state index contributed by atoms with van der Waals surface area (Å²) >= 11 is 0. The minimum atomic E-state index is -0.656. The van der Waals surface area contributed by atoms with Crippen molar-refractivity contribution in [2.45, 2.75) is 13.8 Å². The fourth-order valence-corrected chi connectivity index (χ4v) is 1.40. The summed E-state index contributed by atoms with van der Waals surface area (Å²) in [5.41, 5.74) is 5.02. The van der Waals surface area contributed by atoms with Crippen LogP contribution in [0.4, 0.5) is 9.59 Å². The Labute approximate surface area is 77.5 Å². The molecule has 1 rings (SSSR count). The van der Waals surface area contributed by atoms with Crippen LogP contribution in [0.5, 0.6) is 0 Å². The van der Waals surface area contributed by atoms with E-state index in [9.17, 15) is 9.59 Å². The van der Waals surface area contributed by atoms with Gasteiger partial charge in [0.25, 0.3) is 0 Å². The first-order chi connectivity index (χ1) is 6.02. The number of nitrogens with zero attached hydrogens (tertiary/aromatic N) is 2. The van der Waals surface area contributed by atoms with E-state index in [4.69, 9.17) is 5.73 Å². The van der Waals surface area contributed by atoms with Crippen molar-refractivity contribution in [1.29, 1.82) is 0 Å².